The van der Waals surface area contributed by atoms with Crippen molar-refractivity contribution in [1.82, 2.24) is 0 Å². The molecule has 0 aromatic rings. The maximum absolute atomic E-state index is 11.0. The van der Waals surface area contributed by atoms with Crippen molar-refractivity contribution in [3.8, 4) is 0 Å². The Kier molecular flexibility index (Phi) is 1.63. The molecule has 0 radical (unpaired) electrons. The Hall–Kier alpha value is -0.530. The molecule has 2 fully saturated rings. The first-order valence-electron chi connectivity index (χ1n) is 4.58. The van der Waals surface area contributed by atoms with Crippen LogP contribution in [0.15, 0.2) is 0 Å². The summed E-state index contributed by atoms with van der Waals surface area (Å²) in [4.78, 5) is 11.0. The molecule has 3 atom stereocenters. The van der Waals surface area contributed by atoms with Crippen molar-refractivity contribution >= 4 is 5.91 Å². The molecule has 3 unspecified atom stereocenters. The summed E-state index contributed by atoms with van der Waals surface area (Å²) in [7, 11) is 0. The Morgan fingerprint density at radius 3 is 2.73 bits per heavy atom. The van der Waals surface area contributed by atoms with E-state index < -0.39 is 0 Å². The van der Waals surface area contributed by atoms with E-state index in [4.69, 9.17) is 5.73 Å². The second-order valence-corrected chi connectivity index (χ2v) is 3.94. The van der Waals surface area contributed by atoms with E-state index in [1.807, 2.05) is 0 Å². The quantitative estimate of drug-likeness (QED) is 0.606. The van der Waals surface area contributed by atoms with Crippen molar-refractivity contribution in [1.29, 1.82) is 0 Å². The lowest BCUT2D eigenvalue weighted by Crippen LogP contribution is -2.26. The number of carbonyl (C=O) groups is 1. The zero-order valence-electron chi connectivity index (χ0n) is 6.75. The van der Waals surface area contributed by atoms with Gasteiger partial charge in [-0.15, -0.1) is 0 Å². The molecule has 0 spiro atoms. The first-order chi connectivity index (χ1) is 5.29. The number of hydrogen-bond acceptors (Lipinski definition) is 1. The molecule has 1 amide bonds. The summed E-state index contributed by atoms with van der Waals surface area (Å²) in [6, 6.07) is 0. The molecule has 0 saturated heterocycles. The maximum Gasteiger partial charge on any atom is 0.220 e. The third-order valence-corrected chi connectivity index (χ3v) is 3.45. The fourth-order valence-corrected chi connectivity index (χ4v) is 2.91. The van der Waals surface area contributed by atoms with Crippen LogP contribution in [0, 0.1) is 17.8 Å². The second kappa shape index (κ2) is 2.50. The van der Waals surface area contributed by atoms with Gasteiger partial charge in [0, 0.05) is 5.92 Å². The highest BCUT2D eigenvalue weighted by Gasteiger charge is 2.41. The summed E-state index contributed by atoms with van der Waals surface area (Å²) in [6.07, 6.45) is 6.22. The standard InChI is InChI=1S/C9H15NO/c10-9(11)8-5-4-6-2-1-3-7(6)8/h6-8H,1-5H2,(H2,10,11). The molecule has 2 nitrogen and oxygen atoms in total. The first kappa shape index (κ1) is 7.14. The Morgan fingerprint density at radius 1 is 1.18 bits per heavy atom. The van der Waals surface area contributed by atoms with Gasteiger partial charge < -0.3 is 5.73 Å². The minimum atomic E-state index is -0.0561. The summed E-state index contributed by atoms with van der Waals surface area (Å²) in [6.45, 7) is 0. The average molecular weight is 153 g/mol. The predicted octanol–water partition coefficient (Wildman–Crippen LogP) is 1.30. The van der Waals surface area contributed by atoms with Gasteiger partial charge in [0.05, 0.1) is 0 Å². The highest BCUT2D eigenvalue weighted by Crippen LogP contribution is 2.47. The van der Waals surface area contributed by atoms with Crippen molar-refractivity contribution < 1.29 is 4.79 Å². The number of carbonyl (C=O) groups excluding carboxylic acids is 1. The van der Waals surface area contributed by atoms with Gasteiger partial charge in [0.2, 0.25) is 5.91 Å². The van der Waals surface area contributed by atoms with Gasteiger partial charge in [-0.25, -0.2) is 0 Å². The van der Waals surface area contributed by atoms with Crippen LogP contribution in [0.4, 0.5) is 0 Å². The van der Waals surface area contributed by atoms with E-state index >= 15 is 0 Å². The van der Waals surface area contributed by atoms with Crippen molar-refractivity contribution in [2.45, 2.75) is 32.1 Å². The normalized spacial score (nSPS) is 42.4. The third kappa shape index (κ3) is 1.05. The molecule has 2 heteroatoms. The van der Waals surface area contributed by atoms with Gasteiger partial charge in [-0.3, -0.25) is 4.79 Å². The van der Waals surface area contributed by atoms with Crippen LogP contribution in [0.1, 0.15) is 32.1 Å². The Labute approximate surface area is 67.1 Å². The van der Waals surface area contributed by atoms with Gasteiger partial charge in [0.25, 0.3) is 0 Å². The van der Waals surface area contributed by atoms with E-state index in [0.29, 0.717) is 5.92 Å². The molecule has 11 heavy (non-hydrogen) atoms. The monoisotopic (exact) mass is 153 g/mol. The molecule has 2 N–H and O–H groups in total. The fourth-order valence-electron chi connectivity index (χ4n) is 2.91. The lowest BCUT2D eigenvalue weighted by Gasteiger charge is -2.13. The van der Waals surface area contributed by atoms with Crippen molar-refractivity contribution in [2.24, 2.45) is 23.5 Å². The van der Waals surface area contributed by atoms with Crippen LogP contribution in [0.25, 0.3) is 0 Å². The van der Waals surface area contributed by atoms with Crippen LogP contribution in [0.5, 0.6) is 0 Å². The van der Waals surface area contributed by atoms with E-state index in [-0.39, 0.29) is 11.8 Å². The summed E-state index contributed by atoms with van der Waals surface area (Å²) in [5, 5.41) is 0. The Morgan fingerprint density at radius 2 is 2.00 bits per heavy atom. The van der Waals surface area contributed by atoms with Crippen LogP contribution < -0.4 is 5.73 Å². The van der Waals surface area contributed by atoms with Gasteiger partial charge in [0.15, 0.2) is 0 Å². The van der Waals surface area contributed by atoms with E-state index in [9.17, 15) is 4.79 Å². The molecule has 0 aromatic carbocycles. The molecule has 2 aliphatic rings. The Balaban J connectivity index is 2.08. The molecule has 0 bridgehead atoms. The van der Waals surface area contributed by atoms with Crippen LogP contribution in [0.2, 0.25) is 0 Å². The molecule has 62 valence electrons. The second-order valence-electron chi connectivity index (χ2n) is 3.94. The van der Waals surface area contributed by atoms with Crippen LogP contribution >= 0.6 is 0 Å². The molecule has 2 rings (SSSR count). The summed E-state index contributed by atoms with van der Waals surface area (Å²) in [5.41, 5.74) is 5.31. The SMILES string of the molecule is NC(=O)C1CCC2CCCC21. The number of hydrogen-bond donors (Lipinski definition) is 1. The summed E-state index contributed by atoms with van der Waals surface area (Å²) in [5.74, 6) is 1.67. The molecule has 2 saturated carbocycles. The van der Waals surface area contributed by atoms with Gasteiger partial charge in [-0.1, -0.05) is 12.8 Å². The minimum absolute atomic E-state index is 0.0561. The number of fused-ring (bicyclic) bond motifs is 1. The van der Waals surface area contributed by atoms with Crippen LogP contribution in [-0.2, 0) is 4.79 Å². The van der Waals surface area contributed by atoms with Crippen LogP contribution in [-0.4, -0.2) is 5.91 Å². The molecular weight excluding hydrogens is 138 g/mol. The maximum atomic E-state index is 11.0. The van der Waals surface area contributed by atoms with Crippen molar-refractivity contribution in [2.75, 3.05) is 0 Å². The zero-order chi connectivity index (χ0) is 7.84. The van der Waals surface area contributed by atoms with E-state index in [1.165, 1.54) is 25.7 Å². The van der Waals surface area contributed by atoms with Crippen molar-refractivity contribution in [3.05, 3.63) is 0 Å². The molecule has 0 aliphatic heterocycles. The largest absolute Gasteiger partial charge is 0.369 e. The predicted molar refractivity (Wildman–Crippen MR) is 42.7 cm³/mol. The highest BCUT2D eigenvalue weighted by atomic mass is 16.1. The van der Waals surface area contributed by atoms with Gasteiger partial charge >= 0.3 is 0 Å². The third-order valence-electron chi connectivity index (χ3n) is 3.45. The van der Waals surface area contributed by atoms with E-state index in [0.717, 1.165) is 12.3 Å². The summed E-state index contributed by atoms with van der Waals surface area (Å²) >= 11 is 0. The highest BCUT2D eigenvalue weighted by molar-refractivity contribution is 5.77. The lowest BCUT2D eigenvalue weighted by atomic mass is 9.92. The first-order valence-corrected chi connectivity index (χ1v) is 4.58. The summed E-state index contributed by atoms with van der Waals surface area (Å²) < 4.78 is 0. The van der Waals surface area contributed by atoms with Crippen LogP contribution in [0.3, 0.4) is 0 Å². The average Bonchev–Trinajstić information content (AvgIpc) is 2.41. The fraction of sp³-hybridized carbons (Fsp3) is 0.889. The van der Waals surface area contributed by atoms with Gasteiger partial charge in [0.1, 0.15) is 0 Å². The number of nitrogens with two attached hydrogens (primary N) is 1. The van der Waals surface area contributed by atoms with Gasteiger partial charge in [-0.05, 0) is 31.1 Å². The van der Waals surface area contributed by atoms with Crippen molar-refractivity contribution in [3.63, 3.8) is 0 Å². The molecule has 0 aromatic heterocycles. The molecule has 2 aliphatic carbocycles. The minimum Gasteiger partial charge on any atom is -0.369 e. The zero-order valence-corrected chi connectivity index (χ0v) is 6.75. The van der Waals surface area contributed by atoms with E-state index in [2.05, 4.69) is 0 Å². The topological polar surface area (TPSA) is 43.1 Å². The molecular formula is C9H15NO. The smallest absolute Gasteiger partial charge is 0.220 e. The lowest BCUT2D eigenvalue weighted by molar-refractivity contribution is -0.122. The van der Waals surface area contributed by atoms with Gasteiger partial charge in [-0.2, -0.15) is 0 Å². The number of primary amides is 1. The number of amides is 1. The number of rotatable bonds is 1. The molecule has 0 heterocycles. The Bertz CT molecular complexity index is 178. The van der Waals surface area contributed by atoms with E-state index in [1.54, 1.807) is 0 Å².